The molecule has 1 heterocycles. The van der Waals surface area contributed by atoms with Crippen LogP contribution in [0.3, 0.4) is 0 Å². The zero-order chi connectivity index (χ0) is 12.5. The maximum absolute atomic E-state index is 10.4. The summed E-state index contributed by atoms with van der Waals surface area (Å²) in [6.45, 7) is 2.87. The molecule has 6 heteroatoms. The van der Waals surface area contributed by atoms with Gasteiger partial charge in [0.25, 0.3) is 0 Å². The van der Waals surface area contributed by atoms with Gasteiger partial charge in [-0.25, -0.2) is 9.97 Å². The largest absolute Gasteiger partial charge is 0.480 e. The van der Waals surface area contributed by atoms with Gasteiger partial charge in [0.15, 0.2) is 0 Å². The predicted molar refractivity (Wildman–Crippen MR) is 66.2 cm³/mol. The minimum atomic E-state index is -0.916. The molecule has 1 rings (SSSR count). The van der Waals surface area contributed by atoms with Gasteiger partial charge >= 0.3 is 5.97 Å². The Labute approximate surface area is 100 Å². The molecule has 6 nitrogen and oxygen atoms in total. The van der Waals surface area contributed by atoms with E-state index in [4.69, 9.17) is 5.11 Å². The van der Waals surface area contributed by atoms with Gasteiger partial charge in [-0.2, -0.15) is 0 Å². The number of carboxylic acid groups (broad SMARTS) is 1. The van der Waals surface area contributed by atoms with Crippen LogP contribution in [0, 0.1) is 0 Å². The first-order valence-electron chi connectivity index (χ1n) is 5.74. The number of carboxylic acids is 1. The number of hydrogen-bond acceptors (Lipinski definition) is 5. The van der Waals surface area contributed by atoms with Crippen LogP contribution in [0.1, 0.15) is 26.2 Å². The van der Waals surface area contributed by atoms with Crippen molar-refractivity contribution in [1.82, 2.24) is 9.97 Å². The maximum Gasteiger partial charge on any atom is 0.322 e. The Bertz CT molecular complexity index is 357. The second kappa shape index (κ2) is 7.43. The molecule has 3 N–H and O–H groups in total. The molecule has 1 aromatic rings. The van der Waals surface area contributed by atoms with Crippen molar-refractivity contribution in [3.05, 3.63) is 12.4 Å². The van der Waals surface area contributed by atoms with Crippen LogP contribution in [-0.4, -0.2) is 34.1 Å². The highest BCUT2D eigenvalue weighted by Gasteiger charge is 2.00. The second-order valence-corrected chi connectivity index (χ2v) is 3.67. The van der Waals surface area contributed by atoms with E-state index in [1.807, 2.05) is 0 Å². The molecule has 0 aliphatic heterocycles. The molecule has 0 spiro atoms. The topological polar surface area (TPSA) is 87.1 Å². The van der Waals surface area contributed by atoms with Crippen molar-refractivity contribution in [2.24, 2.45) is 0 Å². The lowest BCUT2D eigenvalue weighted by atomic mass is 10.2. The van der Waals surface area contributed by atoms with Crippen LogP contribution in [0.5, 0.6) is 0 Å². The smallest absolute Gasteiger partial charge is 0.322 e. The van der Waals surface area contributed by atoms with Gasteiger partial charge < -0.3 is 15.7 Å². The minimum absolute atomic E-state index is 0.147. The summed E-state index contributed by atoms with van der Waals surface area (Å²) >= 11 is 0. The van der Waals surface area contributed by atoms with Crippen molar-refractivity contribution in [3.8, 4) is 0 Å². The van der Waals surface area contributed by atoms with Crippen LogP contribution in [0.25, 0.3) is 0 Å². The van der Waals surface area contributed by atoms with E-state index in [1.54, 1.807) is 6.07 Å². The summed E-state index contributed by atoms with van der Waals surface area (Å²) in [6.07, 6.45) is 4.86. The Kier molecular flexibility index (Phi) is 5.77. The van der Waals surface area contributed by atoms with Crippen molar-refractivity contribution in [3.63, 3.8) is 0 Å². The lowest BCUT2D eigenvalue weighted by Crippen LogP contribution is -2.13. The highest BCUT2D eigenvalue weighted by molar-refractivity contribution is 5.72. The molecule has 0 aliphatic carbocycles. The second-order valence-electron chi connectivity index (χ2n) is 3.67. The Balaban J connectivity index is 2.39. The first-order valence-corrected chi connectivity index (χ1v) is 5.74. The monoisotopic (exact) mass is 238 g/mol. The van der Waals surface area contributed by atoms with Crippen molar-refractivity contribution >= 4 is 17.6 Å². The van der Waals surface area contributed by atoms with Crippen LogP contribution < -0.4 is 10.6 Å². The molecule has 0 bridgehead atoms. The van der Waals surface area contributed by atoms with Crippen molar-refractivity contribution in [1.29, 1.82) is 0 Å². The van der Waals surface area contributed by atoms with Crippen LogP contribution >= 0.6 is 0 Å². The Hall–Kier alpha value is -1.85. The Morgan fingerprint density at radius 3 is 2.65 bits per heavy atom. The molecule has 0 saturated carbocycles. The standard InChI is InChI=1S/C11H18N4O2/c1-2-3-4-5-12-9-6-10(15-8-14-9)13-7-11(16)17/h6,8H,2-5,7H2,1H3,(H,16,17)(H2,12,13,14,15). The zero-order valence-electron chi connectivity index (χ0n) is 9.94. The van der Waals surface area contributed by atoms with Crippen LogP contribution in [0.2, 0.25) is 0 Å². The summed E-state index contributed by atoms with van der Waals surface area (Å²) in [7, 11) is 0. The molecule has 94 valence electrons. The highest BCUT2D eigenvalue weighted by Crippen LogP contribution is 2.08. The predicted octanol–water partition coefficient (Wildman–Crippen LogP) is 1.58. The molecule has 0 saturated heterocycles. The molecular weight excluding hydrogens is 220 g/mol. The minimum Gasteiger partial charge on any atom is -0.480 e. The van der Waals surface area contributed by atoms with Gasteiger partial charge in [-0.3, -0.25) is 4.79 Å². The van der Waals surface area contributed by atoms with Crippen LogP contribution in [0.15, 0.2) is 12.4 Å². The van der Waals surface area contributed by atoms with Crippen LogP contribution in [-0.2, 0) is 4.79 Å². The molecule has 0 amide bonds. The van der Waals surface area contributed by atoms with E-state index in [0.717, 1.165) is 13.0 Å². The number of nitrogens with one attached hydrogen (secondary N) is 2. The molecule has 17 heavy (non-hydrogen) atoms. The maximum atomic E-state index is 10.4. The Morgan fingerprint density at radius 2 is 2.00 bits per heavy atom. The van der Waals surface area contributed by atoms with Crippen molar-refractivity contribution < 1.29 is 9.90 Å². The molecule has 0 unspecified atom stereocenters. The highest BCUT2D eigenvalue weighted by atomic mass is 16.4. The quantitative estimate of drug-likeness (QED) is 0.596. The number of anilines is 2. The number of nitrogens with zero attached hydrogens (tertiary/aromatic N) is 2. The van der Waals surface area contributed by atoms with Gasteiger partial charge in [0.2, 0.25) is 0 Å². The first-order chi connectivity index (χ1) is 8.22. The summed E-state index contributed by atoms with van der Waals surface area (Å²) in [6, 6.07) is 1.70. The summed E-state index contributed by atoms with van der Waals surface area (Å²) in [5.41, 5.74) is 0. The van der Waals surface area contributed by atoms with Crippen molar-refractivity contribution in [2.45, 2.75) is 26.2 Å². The van der Waals surface area contributed by atoms with E-state index in [2.05, 4.69) is 27.5 Å². The number of unbranched alkanes of at least 4 members (excludes halogenated alkanes) is 2. The van der Waals surface area contributed by atoms with E-state index >= 15 is 0 Å². The zero-order valence-corrected chi connectivity index (χ0v) is 9.94. The third-order valence-corrected chi connectivity index (χ3v) is 2.17. The Morgan fingerprint density at radius 1 is 1.29 bits per heavy atom. The summed E-state index contributed by atoms with van der Waals surface area (Å²) in [5, 5.41) is 14.4. The fourth-order valence-corrected chi connectivity index (χ4v) is 1.31. The molecule has 0 fully saturated rings. The van der Waals surface area contributed by atoms with E-state index in [1.165, 1.54) is 19.2 Å². The third-order valence-electron chi connectivity index (χ3n) is 2.17. The number of hydrogen-bond donors (Lipinski definition) is 3. The lowest BCUT2D eigenvalue weighted by molar-refractivity contribution is -0.134. The molecule has 0 aromatic carbocycles. The van der Waals surface area contributed by atoms with E-state index in [-0.39, 0.29) is 6.54 Å². The lowest BCUT2D eigenvalue weighted by Gasteiger charge is -2.07. The first kappa shape index (κ1) is 13.2. The average Bonchev–Trinajstić information content (AvgIpc) is 2.33. The molecule has 0 atom stereocenters. The van der Waals surface area contributed by atoms with E-state index < -0.39 is 5.97 Å². The van der Waals surface area contributed by atoms with Gasteiger partial charge in [0, 0.05) is 12.6 Å². The normalized spacial score (nSPS) is 9.94. The van der Waals surface area contributed by atoms with Crippen LogP contribution in [0.4, 0.5) is 11.6 Å². The third kappa shape index (κ3) is 5.70. The van der Waals surface area contributed by atoms with E-state index in [0.29, 0.717) is 11.6 Å². The van der Waals surface area contributed by atoms with Gasteiger partial charge in [0.05, 0.1) is 0 Å². The number of rotatable bonds is 8. The van der Waals surface area contributed by atoms with Gasteiger partial charge in [-0.1, -0.05) is 19.8 Å². The number of carbonyl (C=O) groups is 1. The van der Waals surface area contributed by atoms with E-state index in [9.17, 15) is 4.79 Å². The molecule has 1 aromatic heterocycles. The fraction of sp³-hybridized carbons (Fsp3) is 0.545. The fourth-order valence-electron chi connectivity index (χ4n) is 1.31. The molecular formula is C11H18N4O2. The summed E-state index contributed by atoms with van der Waals surface area (Å²) < 4.78 is 0. The van der Waals surface area contributed by atoms with Gasteiger partial charge in [-0.15, -0.1) is 0 Å². The van der Waals surface area contributed by atoms with Gasteiger partial charge in [0.1, 0.15) is 24.5 Å². The summed E-state index contributed by atoms with van der Waals surface area (Å²) in [4.78, 5) is 18.4. The van der Waals surface area contributed by atoms with Crippen molar-refractivity contribution in [2.75, 3.05) is 23.7 Å². The molecule has 0 aliphatic rings. The molecule has 0 radical (unpaired) electrons. The number of aliphatic carboxylic acids is 1. The summed E-state index contributed by atoms with van der Waals surface area (Å²) in [5.74, 6) is 0.311. The SMILES string of the molecule is CCCCCNc1cc(NCC(=O)O)ncn1. The number of aromatic nitrogens is 2. The average molecular weight is 238 g/mol. The van der Waals surface area contributed by atoms with Gasteiger partial charge in [-0.05, 0) is 6.42 Å².